The molecule has 1 fully saturated rings. The lowest BCUT2D eigenvalue weighted by atomic mass is 10.0. The minimum absolute atomic E-state index is 0.0447. The van der Waals surface area contributed by atoms with E-state index in [1.165, 1.54) is 0 Å². The summed E-state index contributed by atoms with van der Waals surface area (Å²) in [5, 5.41) is 1.64. The van der Waals surface area contributed by atoms with E-state index in [1.54, 1.807) is 30.7 Å². The maximum Gasteiger partial charge on any atom is 0.254 e. The number of hydrogen-bond acceptors (Lipinski definition) is 5. The monoisotopic (exact) mass is 395 g/mol. The first-order chi connectivity index (χ1) is 13.7. The highest BCUT2D eigenvalue weighted by Gasteiger charge is 2.25. The summed E-state index contributed by atoms with van der Waals surface area (Å²) < 4.78 is 0. The molecule has 7 heteroatoms. The van der Waals surface area contributed by atoms with Crippen LogP contribution in [-0.4, -0.2) is 53.5 Å². The van der Waals surface area contributed by atoms with E-state index in [2.05, 4.69) is 14.9 Å². The van der Waals surface area contributed by atoms with Crippen molar-refractivity contribution in [1.82, 2.24) is 14.9 Å². The summed E-state index contributed by atoms with van der Waals surface area (Å²) in [6, 6.07) is 9.40. The number of pyridine rings is 2. The van der Waals surface area contributed by atoms with Crippen LogP contribution in [0.5, 0.6) is 0 Å². The third-order valence-corrected chi connectivity index (χ3v) is 5.43. The van der Waals surface area contributed by atoms with E-state index in [1.807, 2.05) is 23.1 Å². The van der Waals surface area contributed by atoms with Gasteiger partial charge in [-0.2, -0.15) is 0 Å². The van der Waals surface area contributed by atoms with Crippen LogP contribution in [0, 0.1) is 0 Å². The average molecular weight is 396 g/mol. The van der Waals surface area contributed by atoms with Gasteiger partial charge in [-0.3, -0.25) is 14.8 Å². The lowest BCUT2D eigenvalue weighted by molar-refractivity contribution is 0.0746. The fourth-order valence-electron chi connectivity index (χ4n) is 3.75. The van der Waals surface area contributed by atoms with E-state index in [0.717, 1.165) is 41.7 Å². The fraction of sp³-hybridized carbons (Fsp3) is 0.286. The van der Waals surface area contributed by atoms with Crippen LogP contribution in [0.2, 0.25) is 5.02 Å². The second kappa shape index (κ2) is 8.12. The number of benzene rings is 1. The predicted molar refractivity (Wildman–Crippen MR) is 112 cm³/mol. The van der Waals surface area contributed by atoms with E-state index in [9.17, 15) is 4.79 Å². The summed E-state index contributed by atoms with van der Waals surface area (Å²) in [7, 11) is 0. The Bertz CT molecular complexity index is 987. The average Bonchev–Trinajstić information content (AvgIpc) is 2.75. The molecule has 144 valence electrons. The van der Waals surface area contributed by atoms with E-state index < -0.39 is 0 Å². The minimum Gasteiger partial charge on any atom is -0.366 e. The van der Waals surface area contributed by atoms with Gasteiger partial charge in [-0.25, -0.2) is 0 Å². The number of carbonyl (C=O) groups excluding carboxylic acids is 1. The van der Waals surface area contributed by atoms with Crippen molar-refractivity contribution >= 4 is 34.1 Å². The largest absolute Gasteiger partial charge is 0.366 e. The van der Waals surface area contributed by atoms with Crippen LogP contribution in [0.25, 0.3) is 10.9 Å². The molecule has 0 spiro atoms. The summed E-state index contributed by atoms with van der Waals surface area (Å²) in [5.74, 6) is 0.0447. The first kappa shape index (κ1) is 18.7. The normalized spacial score (nSPS) is 14.5. The molecule has 3 aromatic rings. The molecule has 1 aliphatic rings. The number of rotatable bonds is 4. The summed E-state index contributed by atoms with van der Waals surface area (Å²) in [6.45, 7) is 3.33. The zero-order valence-electron chi connectivity index (χ0n) is 15.5. The smallest absolute Gasteiger partial charge is 0.254 e. The predicted octanol–water partition coefficient (Wildman–Crippen LogP) is 2.75. The van der Waals surface area contributed by atoms with Crippen molar-refractivity contribution in [2.24, 2.45) is 5.73 Å². The Morgan fingerprint density at radius 2 is 1.86 bits per heavy atom. The molecule has 28 heavy (non-hydrogen) atoms. The molecular formula is C21H22ClN5O. The van der Waals surface area contributed by atoms with Gasteiger partial charge in [0.05, 0.1) is 16.2 Å². The van der Waals surface area contributed by atoms with Crippen LogP contribution in [0.15, 0.2) is 48.9 Å². The molecule has 1 aromatic carbocycles. The van der Waals surface area contributed by atoms with Crippen LogP contribution in [0.3, 0.4) is 0 Å². The van der Waals surface area contributed by atoms with E-state index in [-0.39, 0.29) is 5.91 Å². The van der Waals surface area contributed by atoms with E-state index in [0.29, 0.717) is 30.2 Å². The third kappa shape index (κ3) is 3.53. The van der Waals surface area contributed by atoms with Gasteiger partial charge in [0.15, 0.2) is 0 Å². The van der Waals surface area contributed by atoms with Crippen LogP contribution in [0.4, 0.5) is 5.69 Å². The van der Waals surface area contributed by atoms with Crippen molar-refractivity contribution < 1.29 is 4.79 Å². The number of amides is 1. The summed E-state index contributed by atoms with van der Waals surface area (Å²) in [4.78, 5) is 25.5. The highest BCUT2D eigenvalue weighted by Crippen LogP contribution is 2.35. The van der Waals surface area contributed by atoms with Gasteiger partial charge in [0.1, 0.15) is 0 Å². The number of fused-ring (bicyclic) bond motifs is 1. The van der Waals surface area contributed by atoms with Gasteiger partial charge in [0, 0.05) is 55.7 Å². The number of halogens is 1. The summed E-state index contributed by atoms with van der Waals surface area (Å²) in [5.41, 5.74) is 9.60. The number of nitrogens with two attached hydrogens (primary N) is 1. The van der Waals surface area contributed by atoms with Gasteiger partial charge < -0.3 is 15.5 Å². The Kier molecular flexibility index (Phi) is 5.41. The molecular weight excluding hydrogens is 374 g/mol. The molecule has 6 nitrogen and oxygen atoms in total. The van der Waals surface area contributed by atoms with Crippen molar-refractivity contribution in [2.45, 2.75) is 6.42 Å². The van der Waals surface area contributed by atoms with Crippen molar-refractivity contribution in [3.63, 3.8) is 0 Å². The van der Waals surface area contributed by atoms with Crippen molar-refractivity contribution in [3.05, 3.63) is 65.1 Å². The Balaban J connectivity index is 1.61. The van der Waals surface area contributed by atoms with Gasteiger partial charge in [0.25, 0.3) is 5.91 Å². The Labute approximate surface area is 168 Å². The number of piperazine rings is 1. The van der Waals surface area contributed by atoms with Gasteiger partial charge in [0.2, 0.25) is 0 Å². The molecule has 1 amide bonds. The Hall–Kier alpha value is -2.70. The molecule has 0 saturated carbocycles. The van der Waals surface area contributed by atoms with Gasteiger partial charge >= 0.3 is 0 Å². The molecule has 1 saturated heterocycles. The fourth-order valence-corrected chi connectivity index (χ4v) is 4.03. The van der Waals surface area contributed by atoms with E-state index >= 15 is 0 Å². The number of anilines is 1. The molecule has 2 aromatic heterocycles. The maximum absolute atomic E-state index is 12.7. The molecule has 4 rings (SSSR count). The SMILES string of the molecule is NCCc1cc(Cl)c2cccnc2c1N1CCN(C(=O)c2ccncc2)CC1. The number of aromatic nitrogens is 2. The van der Waals surface area contributed by atoms with Gasteiger partial charge in [-0.15, -0.1) is 0 Å². The van der Waals surface area contributed by atoms with Gasteiger partial charge in [-0.05, 0) is 48.9 Å². The highest BCUT2D eigenvalue weighted by molar-refractivity contribution is 6.36. The zero-order chi connectivity index (χ0) is 19.5. The standard InChI is InChI=1S/C21H22ClN5O/c22-18-14-16(3-6-23)20(19-17(18)2-1-7-25-19)26-10-12-27(13-11-26)21(28)15-4-8-24-9-5-15/h1-2,4-5,7-9,14H,3,6,10-13,23H2. The lowest BCUT2D eigenvalue weighted by Gasteiger charge is -2.37. The molecule has 3 heterocycles. The first-order valence-corrected chi connectivity index (χ1v) is 9.77. The Morgan fingerprint density at radius 1 is 1.11 bits per heavy atom. The number of nitrogens with zero attached hydrogens (tertiary/aromatic N) is 4. The topological polar surface area (TPSA) is 75.3 Å². The van der Waals surface area contributed by atoms with Crippen LogP contribution in [0.1, 0.15) is 15.9 Å². The van der Waals surface area contributed by atoms with Crippen LogP contribution >= 0.6 is 11.6 Å². The Morgan fingerprint density at radius 3 is 2.57 bits per heavy atom. The van der Waals surface area contributed by atoms with Crippen molar-refractivity contribution in [2.75, 3.05) is 37.6 Å². The van der Waals surface area contributed by atoms with Crippen LogP contribution < -0.4 is 10.6 Å². The molecule has 0 atom stereocenters. The quantitative estimate of drug-likeness (QED) is 0.735. The van der Waals surface area contributed by atoms with Crippen molar-refractivity contribution in [3.8, 4) is 0 Å². The molecule has 0 bridgehead atoms. The molecule has 2 N–H and O–H groups in total. The summed E-state index contributed by atoms with van der Waals surface area (Å²) in [6.07, 6.45) is 5.82. The molecule has 0 unspecified atom stereocenters. The second-order valence-corrected chi connectivity index (χ2v) is 7.23. The second-order valence-electron chi connectivity index (χ2n) is 6.82. The third-order valence-electron chi connectivity index (χ3n) is 5.12. The highest BCUT2D eigenvalue weighted by atomic mass is 35.5. The molecule has 0 radical (unpaired) electrons. The number of hydrogen-bond donors (Lipinski definition) is 1. The first-order valence-electron chi connectivity index (χ1n) is 9.39. The van der Waals surface area contributed by atoms with Crippen molar-refractivity contribution in [1.29, 1.82) is 0 Å². The lowest BCUT2D eigenvalue weighted by Crippen LogP contribution is -2.49. The number of carbonyl (C=O) groups is 1. The van der Waals surface area contributed by atoms with Crippen LogP contribution in [-0.2, 0) is 6.42 Å². The zero-order valence-corrected chi connectivity index (χ0v) is 16.3. The summed E-state index contributed by atoms with van der Waals surface area (Å²) >= 11 is 6.48. The minimum atomic E-state index is 0.0447. The molecule has 0 aliphatic carbocycles. The maximum atomic E-state index is 12.7. The van der Waals surface area contributed by atoms with E-state index in [4.69, 9.17) is 17.3 Å². The molecule has 1 aliphatic heterocycles. The van der Waals surface area contributed by atoms with Gasteiger partial charge in [-0.1, -0.05) is 11.6 Å².